The third kappa shape index (κ3) is 4.97. The average molecular weight is 452 g/mol. The number of nitrogens with zero attached hydrogens (tertiary/aromatic N) is 3. The summed E-state index contributed by atoms with van der Waals surface area (Å²) in [5.74, 6) is 1.31. The highest BCUT2D eigenvalue weighted by atomic mass is 16.5. The normalized spacial score (nSPS) is 14.8. The third-order valence-corrected chi connectivity index (χ3v) is 5.81. The molecule has 1 aromatic heterocycles. The van der Waals surface area contributed by atoms with Crippen LogP contribution in [-0.2, 0) is 4.79 Å². The summed E-state index contributed by atoms with van der Waals surface area (Å²) < 4.78 is 5.84. The number of nitrogens with one attached hydrogen (secondary N) is 2. The summed E-state index contributed by atoms with van der Waals surface area (Å²) in [7, 11) is 0. The number of carbonyl (C=O) groups is 1. The van der Waals surface area contributed by atoms with Gasteiger partial charge in [0.05, 0.1) is 17.0 Å². The summed E-state index contributed by atoms with van der Waals surface area (Å²) in [6.45, 7) is 4.75. The molecular weight excluding hydrogens is 426 g/mol. The highest BCUT2D eigenvalue weighted by Gasteiger charge is 2.27. The molecule has 2 aromatic carbocycles. The number of para-hydroxylation sites is 1. The molecule has 1 fully saturated rings. The van der Waals surface area contributed by atoms with E-state index in [1.807, 2.05) is 54.6 Å². The van der Waals surface area contributed by atoms with Crippen LogP contribution < -0.4 is 10.1 Å². The third-order valence-electron chi connectivity index (χ3n) is 5.81. The van der Waals surface area contributed by atoms with Gasteiger partial charge in [-0.25, -0.2) is 0 Å². The number of nitriles is 1. The van der Waals surface area contributed by atoms with E-state index in [1.54, 1.807) is 11.1 Å². The number of hydrogen-bond donors (Lipinski definition) is 2. The van der Waals surface area contributed by atoms with Crippen LogP contribution in [0.5, 0.6) is 11.5 Å². The summed E-state index contributed by atoms with van der Waals surface area (Å²) >= 11 is 0. The van der Waals surface area contributed by atoms with Crippen LogP contribution in [0.15, 0.2) is 79.6 Å². The van der Waals surface area contributed by atoms with Gasteiger partial charge in [0.15, 0.2) is 0 Å². The zero-order chi connectivity index (χ0) is 23.9. The maximum absolute atomic E-state index is 12.1. The van der Waals surface area contributed by atoms with Crippen molar-refractivity contribution in [1.29, 1.82) is 10.7 Å². The molecule has 1 aliphatic rings. The first-order chi connectivity index (χ1) is 16.6. The van der Waals surface area contributed by atoms with Gasteiger partial charge in [-0.3, -0.25) is 15.2 Å². The van der Waals surface area contributed by atoms with Crippen LogP contribution in [0.4, 0.5) is 5.69 Å². The topological polar surface area (TPSA) is 102 Å². The van der Waals surface area contributed by atoms with E-state index in [2.05, 4.69) is 22.9 Å². The summed E-state index contributed by atoms with van der Waals surface area (Å²) in [5, 5.41) is 21.8. The summed E-state index contributed by atoms with van der Waals surface area (Å²) in [4.78, 5) is 18.1. The SMILES string of the molecule is C=CC(=O)N1CCCC1CNc1c(C#N)cncc1C(=N)c1ccc(Oc2ccccc2)cc1. The standard InChI is InChI=1S/C27H25N5O2/c1-2-25(33)32-14-6-7-21(32)17-31-27-20(15-28)16-30-18-24(27)26(29)19-10-12-23(13-11-19)34-22-8-4-3-5-9-22/h2-5,8-13,16,18,21,29H,1,6-7,14,17H2,(H,30,31). The predicted molar refractivity (Wildman–Crippen MR) is 131 cm³/mol. The molecule has 4 rings (SSSR count). The maximum Gasteiger partial charge on any atom is 0.246 e. The van der Waals surface area contributed by atoms with Crippen LogP contribution in [0.25, 0.3) is 0 Å². The summed E-state index contributed by atoms with van der Waals surface area (Å²) in [5.41, 5.74) is 2.33. The van der Waals surface area contributed by atoms with Crippen LogP contribution in [0.2, 0.25) is 0 Å². The molecule has 1 amide bonds. The molecule has 34 heavy (non-hydrogen) atoms. The van der Waals surface area contributed by atoms with Gasteiger partial charge in [0.25, 0.3) is 0 Å². The van der Waals surface area contributed by atoms with Crippen molar-refractivity contribution >= 4 is 17.3 Å². The van der Waals surface area contributed by atoms with E-state index in [0.29, 0.717) is 41.2 Å². The van der Waals surface area contributed by atoms with Crippen LogP contribution in [0.3, 0.4) is 0 Å². The van der Waals surface area contributed by atoms with Gasteiger partial charge in [0.2, 0.25) is 5.91 Å². The number of hydrogen-bond acceptors (Lipinski definition) is 6. The number of amides is 1. The van der Waals surface area contributed by atoms with E-state index in [-0.39, 0.29) is 17.7 Å². The van der Waals surface area contributed by atoms with Crippen molar-refractivity contribution < 1.29 is 9.53 Å². The molecule has 7 heteroatoms. The number of carbonyl (C=O) groups excluding carboxylic acids is 1. The monoisotopic (exact) mass is 451 g/mol. The van der Waals surface area contributed by atoms with E-state index >= 15 is 0 Å². The fraction of sp³-hybridized carbons (Fsp3) is 0.185. The number of anilines is 1. The number of rotatable bonds is 8. The van der Waals surface area contributed by atoms with Gasteiger partial charge < -0.3 is 15.0 Å². The van der Waals surface area contributed by atoms with Crippen molar-refractivity contribution in [2.24, 2.45) is 0 Å². The van der Waals surface area contributed by atoms with Gasteiger partial charge in [-0.2, -0.15) is 5.26 Å². The fourth-order valence-electron chi connectivity index (χ4n) is 4.07. The zero-order valence-corrected chi connectivity index (χ0v) is 18.7. The van der Waals surface area contributed by atoms with Gasteiger partial charge >= 0.3 is 0 Å². The molecule has 0 radical (unpaired) electrons. The first-order valence-corrected chi connectivity index (χ1v) is 11.1. The van der Waals surface area contributed by atoms with Crippen LogP contribution >= 0.6 is 0 Å². The predicted octanol–water partition coefficient (Wildman–Crippen LogP) is 4.75. The minimum Gasteiger partial charge on any atom is -0.457 e. The largest absolute Gasteiger partial charge is 0.457 e. The Hall–Kier alpha value is -4.44. The minimum atomic E-state index is -0.0923. The molecule has 0 spiro atoms. The average Bonchev–Trinajstić information content (AvgIpc) is 3.36. The lowest BCUT2D eigenvalue weighted by Gasteiger charge is -2.25. The Kier molecular flexibility index (Phi) is 6.99. The molecule has 0 aliphatic carbocycles. The number of ether oxygens (including phenoxy) is 1. The Labute approximate surface area is 198 Å². The van der Waals surface area contributed by atoms with E-state index in [9.17, 15) is 10.1 Å². The minimum absolute atomic E-state index is 0.00154. The molecule has 2 heterocycles. The molecule has 1 aliphatic heterocycles. The molecule has 1 unspecified atom stereocenters. The Morgan fingerprint density at radius 1 is 1.21 bits per heavy atom. The molecular formula is C27H25N5O2. The van der Waals surface area contributed by atoms with Crippen molar-refractivity contribution in [1.82, 2.24) is 9.88 Å². The molecule has 0 saturated carbocycles. The van der Waals surface area contributed by atoms with Gasteiger partial charge in [0.1, 0.15) is 17.6 Å². The maximum atomic E-state index is 12.1. The van der Waals surface area contributed by atoms with Gasteiger partial charge in [-0.1, -0.05) is 24.8 Å². The first-order valence-electron chi connectivity index (χ1n) is 11.1. The first kappa shape index (κ1) is 22.7. The van der Waals surface area contributed by atoms with E-state index in [0.717, 1.165) is 18.6 Å². The van der Waals surface area contributed by atoms with Gasteiger partial charge in [0, 0.05) is 42.7 Å². The summed E-state index contributed by atoms with van der Waals surface area (Å²) in [6.07, 6.45) is 6.19. The summed E-state index contributed by atoms with van der Waals surface area (Å²) in [6, 6.07) is 18.9. The van der Waals surface area contributed by atoms with Gasteiger partial charge in [-0.15, -0.1) is 0 Å². The Morgan fingerprint density at radius 3 is 2.65 bits per heavy atom. The van der Waals surface area contributed by atoms with Crippen LogP contribution in [-0.4, -0.2) is 40.6 Å². The van der Waals surface area contributed by atoms with Crippen molar-refractivity contribution in [3.63, 3.8) is 0 Å². The van der Waals surface area contributed by atoms with E-state index < -0.39 is 0 Å². The highest BCUT2D eigenvalue weighted by molar-refractivity contribution is 6.14. The molecule has 170 valence electrons. The second-order valence-electron chi connectivity index (χ2n) is 7.95. The molecule has 1 saturated heterocycles. The van der Waals surface area contributed by atoms with Crippen molar-refractivity contribution in [2.45, 2.75) is 18.9 Å². The second-order valence-corrected chi connectivity index (χ2v) is 7.95. The highest BCUT2D eigenvalue weighted by Crippen LogP contribution is 2.26. The van der Waals surface area contributed by atoms with E-state index in [4.69, 9.17) is 10.1 Å². The van der Waals surface area contributed by atoms with Gasteiger partial charge in [-0.05, 0) is 55.3 Å². The lowest BCUT2D eigenvalue weighted by molar-refractivity contribution is -0.126. The molecule has 3 aromatic rings. The van der Waals surface area contributed by atoms with Crippen LogP contribution in [0.1, 0.15) is 29.5 Å². The lowest BCUT2D eigenvalue weighted by Crippen LogP contribution is -2.38. The number of likely N-dealkylation sites (tertiary alicyclic amines) is 1. The lowest BCUT2D eigenvalue weighted by atomic mass is 10.00. The molecule has 2 N–H and O–H groups in total. The van der Waals surface area contributed by atoms with E-state index in [1.165, 1.54) is 12.3 Å². The number of pyridine rings is 1. The Morgan fingerprint density at radius 2 is 1.94 bits per heavy atom. The smallest absolute Gasteiger partial charge is 0.246 e. The molecule has 1 atom stereocenters. The fourth-order valence-corrected chi connectivity index (χ4v) is 4.07. The van der Waals surface area contributed by atoms with Crippen molar-refractivity contribution in [2.75, 3.05) is 18.4 Å². The Balaban J connectivity index is 1.53. The second kappa shape index (κ2) is 10.5. The molecule has 7 nitrogen and oxygen atoms in total. The zero-order valence-electron chi connectivity index (χ0n) is 18.7. The number of benzene rings is 2. The van der Waals surface area contributed by atoms with Crippen molar-refractivity contribution in [3.05, 3.63) is 96.3 Å². The number of aromatic nitrogens is 1. The molecule has 0 bridgehead atoms. The Bertz CT molecular complexity index is 1230. The van der Waals surface area contributed by atoms with Crippen LogP contribution in [0, 0.1) is 16.7 Å². The quantitative estimate of drug-likeness (QED) is 0.380. The van der Waals surface area contributed by atoms with Crippen molar-refractivity contribution in [3.8, 4) is 17.6 Å².